The van der Waals surface area contributed by atoms with Gasteiger partial charge < -0.3 is 14.8 Å². The molecular weight excluding hydrogens is 482 g/mol. The molecule has 1 aromatic rings. The van der Waals surface area contributed by atoms with E-state index in [-0.39, 0.29) is 5.97 Å². The average Bonchev–Trinajstić information content (AvgIpc) is 2.93. The third-order valence-corrected chi connectivity index (χ3v) is 8.36. The van der Waals surface area contributed by atoms with Gasteiger partial charge >= 0.3 is 5.97 Å². The zero-order valence-electron chi connectivity index (χ0n) is 25.6. The van der Waals surface area contributed by atoms with Gasteiger partial charge in [-0.3, -0.25) is 4.79 Å². The third kappa shape index (κ3) is 17.8. The van der Waals surface area contributed by atoms with Crippen molar-refractivity contribution in [1.29, 1.82) is 0 Å². The lowest BCUT2D eigenvalue weighted by Crippen LogP contribution is -2.42. The summed E-state index contributed by atoms with van der Waals surface area (Å²) < 4.78 is 11.6. The van der Waals surface area contributed by atoms with Gasteiger partial charge in [-0.1, -0.05) is 121 Å². The second kappa shape index (κ2) is 23.3. The second-order valence-electron chi connectivity index (χ2n) is 12.1. The maximum Gasteiger partial charge on any atom is 0.306 e. The number of unbranched alkanes of at least 4 members (excludes halogenated alkanes) is 11. The van der Waals surface area contributed by atoms with Crippen molar-refractivity contribution in [3.63, 3.8) is 0 Å². The predicted molar refractivity (Wildman–Crippen MR) is 165 cm³/mol. The number of rotatable bonds is 26. The van der Waals surface area contributed by atoms with E-state index >= 15 is 0 Å². The molecular formula is C35H61NO3. The van der Waals surface area contributed by atoms with E-state index in [0.717, 1.165) is 38.8 Å². The fraction of sp³-hybridized carbons (Fsp3) is 0.800. The zero-order chi connectivity index (χ0) is 27.8. The summed E-state index contributed by atoms with van der Waals surface area (Å²) in [6.45, 7) is 7.74. The maximum atomic E-state index is 12.6. The number of benzene rings is 1. The molecule has 0 aromatic heterocycles. The molecule has 0 bridgehead atoms. The van der Waals surface area contributed by atoms with Crippen LogP contribution in [0.25, 0.3) is 0 Å². The molecule has 1 aromatic carbocycles. The standard InChI is InChI=1S/C35H61NO3/c1-3-5-7-9-11-14-22-32(23-15-12-10-8-6-4-2)30-39-35(37)28-33-26-34(27-33)36-24-18-19-25-38-29-31-20-16-13-17-21-31/h13,16-17,20-21,32-34,36H,3-12,14-15,18-19,22-30H2,1-2H3. The number of carbonyl (C=O) groups excluding carboxylic acids is 1. The van der Waals surface area contributed by atoms with Crippen molar-refractivity contribution in [2.75, 3.05) is 19.8 Å². The lowest BCUT2D eigenvalue weighted by molar-refractivity contribution is -0.147. The normalized spacial score (nSPS) is 16.9. The van der Waals surface area contributed by atoms with E-state index in [1.165, 1.54) is 95.5 Å². The molecule has 0 spiro atoms. The van der Waals surface area contributed by atoms with Gasteiger partial charge in [0, 0.05) is 19.1 Å². The molecule has 0 radical (unpaired) electrons. The van der Waals surface area contributed by atoms with Gasteiger partial charge in [-0.2, -0.15) is 0 Å². The smallest absolute Gasteiger partial charge is 0.306 e. The van der Waals surface area contributed by atoms with Crippen LogP contribution in [0, 0.1) is 11.8 Å². The van der Waals surface area contributed by atoms with E-state index < -0.39 is 0 Å². The van der Waals surface area contributed by atoms with Gasteiger partial charge in [0.05, 0.1) is 13.2 Å². The number of esters is 1. The molecule has 1 aliphatic rings. The lowest BCUT2D eigenvalue weighted by atomic mass is 9.78. The molecule has 0 unspecified atom stereocenters. The third-order valence-electron chi connectivity index (χ3n) is 8.36. The first kappa shape index (κ1) is 33.8. The van der Waals surface area contributed by atoms with Gasteiger partial charge in [-0.05, 0) is 62.5 Å². The highest BCUT2D eigenvalue weighted by Gasteiger charge is 2.30. The molecule has 0 atom stereocenters. The number of hydrogen-bond donors (Lipinski definition) is 1. The van der Waals surface area contributed by atoms with Gasteiger partial charge in [-0.25, -0.2) is 0 Å². The van der Waals surface area contributed by atoms with Crippen molar-refractivity contribution < 1.29 is 14.3 Å². The Kier molecular flexibility index (Phi) is 20.2. The Hall–Kier alpha value is -1.39. The van der Waals surface area contributed by atoms with Crippen LogP contribution in [0.1, 0.15) is 141 Å². The Morgan fingerprint density at radius 1 is 0.821 bits per heavy atom. The molecule has 4 nitrogen and oxygen atoms in total. The molecule has 1 aliphatic carbocycles. The Labute approximate surface area is 241 Å². The minimum Gasteiger partial charge on any atom is -0.465 e. The minimum absolute atomic E-state index is 0.0323. The molecule has 0 aliphatic heterocycles. The maximum absolute atomic E-state index is 12.6. The molecule has 1 N–H and O–H groups in total. The topological polar surface area (TPSA) is 47.6 Å². The summed E-state index contributed by atoms with van der Waals surface area (Å²) in [6.07, 6.45) is 23.5. The van der Waals surface area contributed by atoms with E-state index in [2.05, 4.69) is 43.4 Å². The summed E-state index contributed by atoms with van der Waals surface area (Å²) in [7, 11) is 0. The molecule has 0 heterocycles. The minimum atomic E-state index is 0.0323. The Morgan fingerprint density at radius 2 is 1.44 bits per heavy atom. The van der Waals surface area contributed by atoms with E-state index in [1.54, 1.807) is 0 Å². The van der Waals surface area contributed by atoms with Crippen LogP contribution >= 0.6 is 0 Å². The molecule has 1 fully saturated rings. The Bertz CT molecular complexity index is 672. The first-order chi connectivity index (χ1) is 19.2. The first-order valence-electron chi connectivity index (χ1n) is 16.7. The quantitative estimate of drug-likeness (QED) is 0.0934. The fourth-order valence-electron chi connectivity index (χ4n) is 5.71. The molecule has 224 valence electrons. The summed E-state index contributed by atoms with van der Waals surface area (Å²) in [5, 5.41) is 3.66. The molecule has 2 rings (SSSR count). The highest BCUT2D eigenvalue weighted by atomic mass is 16.5. The van der Waals surface area contributed by atoms with Crippen molar-refractivity contribution >= 4 is 5.97 Å². The molecule has 39 heavy (non-hydrogen) atoms. The van der Waals surface area contributed by atoms with Crippen molar-refractivity contribution in [1.82, 2.24) is 5.32 Å². The van der Waals surface area contributed by atoms with Crippen LogP contribution in [-0.2, 0) is 20.9 Å². The summed E-state index contributed by atoms with van der Waals surface area (Å²) in [6, 6.07) is 10.9. The van der Waals surface area contributed by atoms with Gasteiger partial charge in [0.2, 0.25) is 0 Å². The molecule has 1 saturated carbocycles. The van der Waals surface area contributed by atoms with Crippen molar-refractivity contribution in [3.8, 4) is 0 Å². The highest BCUT2D eigenvalue weighted by molar-refractivity contribution is 5.69. The molecule has 0 saturated heterocycles. The van der Waals surface area contributed by atoms with Crippen molar-refractivity contribution in [3.05, 3.63) is 35.9 Å². The first-order valence-corrected chi connectivity index (χ1v) is 16.7. The van der Waals surface area contributed by atoms with Gasteiger partial charge in [0.15, 0.2) is 0 Å². The highest BCUT2D eigenvalue weighted by Crippen LogP contribution is 2.31. The Morgan fingerprint density at radius 3 is 2.08 bits per heavy atom. The van der Waals surface area contributed by atoms with Crippen LogP contribution in [0.2, 0.25) is 0 Å². The SMILES string of the molecule is CCCCCCCCC(CCCCCCCC)COC(=O)CC1CC(NCCCCOCc2ccccc2)C1. The van der Waals surface area contributed by atoms with Crippen LogP contribution in [0.5, 0.6) is 0 Å². The second-order valence-corrected chi connectivity index (χ2v) is 12.1. The average molecular weight is 544 g/mol. The van der Waals surface area contributed by atoms with Gasteiger partial charge in [0.25, 0.3) is 0 Å². The fourth-order valence-corrected chi connectivity index (χ4v) is 5.71. The van der Waals surface area contributed by atoms with E-state index in [9.17, 15) is 4.79 Å². The summed E-state index contributed by atoms with van der Waals surface area (Å²) in [5.74, 6) is 1.09. The number of carbonyl (C=O) groups is 1. The van der Waals surface area contributed by atoms with E-state index in [0.29, 0.717) is 37.5 Å². The largest absolute Gasteiger partial charge is 0.465 e. The van der Waals surface area contributed by atoms with Crippen molar-refractivity contribution in [2.24, 2.45) is 11.8 Å². The monoisotopic (exact) mass is 543 g/mol. The summed E-state index contributed by atoms with van der Waals surface area (Å²) >= 11 is 0. The van der Waals surface area contributed by atoms with Crippen LogP contribution in [-0.4, -0.2) is 31.8 Å². The number of ether oxygens (including phenoxy) is 2. The van der Waals surface area contributed by atoms with E-state index in [1.807, 2.05) is 6.07 Å². The van der Waals surface area contributed by atoms with Gasteiger partial charge in [0.1, 0.15) is 0 Å². The predicted octanol–water partition coefficient (Wildman–Crippen LogP) is 9.40. The van der Waals surface area contributed by atoms with Crippen LogP contribution in [0.15, 0.2) is 30.3 Å². The summed E-state index contributed by atoms with van der Waals surface area (Å²) in [5.41, 5.74) is 1.24. The zero-order valence-corrected chi connectivity index (χ0v) is 25.6. The van der Waals surface area contributed by atoms with Crippen LogP contribution < -0.4 is 5.32 Å². The van der Waals surface area contributed by atoms with Gasteiger partial charge in [-0.15, -0.1) is 0 Å². The molecule has 0 amide bonds. The molecule has 4 heteroatoms. The van der Waals surface area contributed by atoms with Crippen molar-refractivity contribution in [2.45, 2.75) is 148 Å². The summed E-state index contributed by atoms with van der Waals surface area (Å²) in [4.78, 5) is 12.6. The van der Waals surface area contributed by atoms with E-state index in [4.69, 9.17) is 9.47 Å². The lowest BCUT2D eigenvalue weighted by Gasteiger charge is -2.35. The Balaban J connectivity index is 1.49. The number of nitrogens with one attached hydrogen (secondary N) is 1. The van der Waals surface area contributed by atoms with Crippen LogP contribution in [0.4, 0.5) is 0 Å². The van der Waals surface area contributed by atoms with Crippen LogP contribution in [0.3, 0.4) is 0 Å². The number of hydrogen-bond acceptors (Lipinski definition) is 4.